The highest BCUT2D eigenvalue weighted by atomic mass is 16.3. The van der Waals surface area contributed by atoms with Crippen LogP contribution in [-0.4, -0.2) is 57.7 Å². The van der Waals surface area contributed by atoms with Crippen LogP contribution in [0.1, 0.15) is 37.1 Å². The number of carbonyl (C=O) groups excluding carboxylic acids is 1. The van der Waals surface area contributed by atoms with E-state index in [1.54, 1.807) is 17.9 Å². The summed E-state index contributed by atoms with van der Waals surface area (Å²) in [5.41, 5.74) is -0.387. The second kappa shape index (κ2) is 6.13. The second-order valence-corrected chi connectivity index (χ2v) is 6.36. The summed E-state index contributed by atoms with van der Waals surface area (Å²) in [6.45, 7) is 4.10. The van der Waals surface area contributed by atoms with Crippen molar-refractivity contribution < 1.29 is 9.90 Å². The Morgan fingerprint density at radius 2 is 2.04 bits per heavy atom. The predicted octanol–water partition coefficient (Wildman–Crippen LogP) is 0.610. The van der Waals surface area contributed by atoms with Gasteiger partial charge in [0.1, 0.15) is 11.8 Å². The van der Waals surface area contributed by atoms with Gasteiger partial charge in [0, 0.05) is 25.3 Å². The quantitative estimate of drug-likeness (QED) is 0.859. The lowest BCUT2D eigenvalue weighted by Gasteiger charge is -2.39. The van der Waals surface area contributed by atoms with Crippen LogP contribution in [0.15, 0.2) is 6.07 Å². The molecule has 2 fully saturated rings. The van der Waals surface area contributed by atoms with Crippen molar-refractivity contribution in [2.24, 2.45) is 0 Å². The fourth-order valence-corrected chi connectivity index (χ4v) is 3.35. The monoisotopic (exact) mass is 315 g/mol. The number of rotatable bonds is 2. The van der Waals surface area contributed by atoms with Gasteiger partial charge >= 0.3 is 0 Å². The van der Waals surface area contributed by atoms with E-state index in [0.29, 0.717) is 36.7 Å². The van der Waals surface area contributed by atoms with Crippen molar-refractivity contribution in [2.75, 3.05) is 31.1 Å². The second-order valence-electron chi connectivity index (χ2n) is 6.36. The van der Waals surface area contributed by atoms with Gasteiger partial charge in [0.05, 0.1) is 6.54 Å². The van der Waals surface area contributed by atoms with Crippen molar-refractivity contribution in [1.82, 2.24) is 14.9 Å². The molecule has 0 saturated carbocycles. The summed E-state index contributed by atoms with van der Waals surface area (Å²) in [5, 5.41) is 19.9. The first-order valence-electron chi connectivity index (χ1n) is 8.04. The molecular weight excluding hydrogens is 294 g/mol. The fourth-order valence-electron chi connectivity index (χ4n) is 3.35. The molecule has 0 radical (unpaired) electrons. The van der Waals surface area contributed by atoms with Gasteiger partial charge in [0.2, 0.25) is 5.95 Å². The molecule has 1 aromatic heterocycles. The zero-order valence-electron chi connectivity index (χ0n) is 13.3. The third-order valence-corrected chi connectivity index (χ3v) is 4.50. The van der Waals surface area contributed by atoms with Gasteiger partial charge in [0.15, 0.2) is 5.60 Å². The molecular formula is C16H21N5O2. The van der Waals surface area contributed by atoms with Gasteiger partial charge in [-0.2, -0.15) is 5.26 Å². The molecule has 1 atom stereocenters. The number of amides is 1. The molecule has 7 heteroatoms. The Kier molecular flexibility index (Phi) is 4.18. The molecule has 122 valence electrons. The molecule has 23 heavy (non-hydrogen) atoms. The standard InChI is InChI=1S/C16H21N5O2/c1-12-9-13(10-17)19-15(18-12)21-8-4-5-16(23,11-21)14(22)20-6-2-3-7-20/h9,23H,2-8,11H2,1H3/t16-/m0/s1. The summed E-state index contributed by atoms with van der Waals surface area (Å²) in [5.74, 6) is 0.224. The normalized spacial score (nSPS) is 24.6. The average Bonchev–Trinajstić information content (AvgIpc) is 3.08. The van der Waals surface area contributed by atoms with Crippen molar-refractivity contribution in [3.05, 3.63) is 17.5 Å². The van der Waals surface area contributed by atoms with E-state index in [4.69, 9.17) is 5.26 Å². The molecule has 1 N–H and O–H groups in total. The molecule has 1 amide bonds. The van der Waals surface area contributed by atoms with Crippen LogP contribution in [0.4, 0.5) is 5.95 Å². The molecule has 0 aliphatic carbocycles. The Morgan fingerprint density at radius 3 is 2.74 bits per heavy atom. The molecule has 2 aliphatic rings. The van der Waals surface area contributed by atoms with Crippen LogP contribution < -0.4 is 4.90 Å². The molecule has 0 unspecified atom stereocenters. The van der Waals surface area contributed by atoms with Crippen LogP contribution in [-0.2, 0) is 4.79 Å². The molecule has 3 rings (SSSR count). The number of nitrogens with zero attached hydrogens (tertiary/aromatic N) is 5. The van der Waals surface area contributed by atoms with Crippen LogP contribution in [0.5, 0.6) is 0 Å². The van der Waals surface area contributed by atoms with Crippen LogP contribution in [0, 0.1) is 18.3 Å². The Balaban J connectivity index is 1.81. The van der Waals surface area contributed by atoms with E-state index >= 15 is 0 Å². The lowest BCUT2D eigenvalue weighted by Crippen LogP contribution is -2.58. The molecule has 7 nitrogen and oxygen atoms in total. The van der Waals surface area contributed by atoms with Crippen molar-refractivity contribution in [2.45, 2.75) is 38.2 Å². The Morgan fingerprint density at radius 1 is 1.30 bits per heavy atom. The summed E-state index contributed by atoms with van der Waals surface area (Å²) in [6.07, 6.45) is 3.14. The molecule has 2 saturated heterocycles. The maximum absolute atomic E-state index is 12.6. The van der Waals surface area contributed by atoms with Crippen molar-refractivity contribution in [3.63, 3.8) is 0 Å². The summed E-state index contributed by atoms with van der Waals surface area (Å²) in [4.78, 5) is 24.8. The van der Waals surface area contributed by atoms with E-state index in [-0.39, 0.29) is 12.5 Å². The maximum atomic E-state index is 12.6. The number of nitriles is 1. The molecule has 3 heterocycles. The highest BCUT2D eigenvalue weighted by molar-refractivity contribution is 5.86. The average molecular weight is 315 g/mol. The number of anilines is 1. The number of piperidine rings is 1. The Hall–Kier alpha value is -2.20. The third-order valence-electron chi connectivity index (χ3n) is 4.50. The first kappa shape index (κ1) is 15.7. The number of β-amino-alcohol motifs (C(OH)–C–C–N with tert-alkyl or cyclic N) is 1. The Bertz CT molecular complexity index is 650. The van der Waals surface area contributed by atoms with Crippen molar-refractivity contribution in [1.29, 1.82) is 5.26 Å². The largest absolute Gasteiger partial charge is 0.378 e. The van der Waals surface area contributed by atoms with E-state index in [2.05, 4.69) is 9.97 Å². The smallest absolute Gasteiger partial charge is 0.256 e. The van der Waals surface area contributed by atoms with Gasteiger partial charge in [0.25, 0.3) is 5.91 Å². The van der Waals surface area contributed by atoms with Crippen LogP contribution >= 0.6 is 0 Å². The van der Waals surface area contributed by atoms with Gasteiger partial charge in [-0.15, -0.1) is 0 Å². The van der Waals surface area contributed by atoms with Crippen LogP contribution in [0.25, 0.3) is 0 Å². The molecule has 0 aromatic carbocycles. The van der Waals surface area contributed by atoms with Gasteiger partial charge in [-0.1, -0.05) is 0 Å². The number of hydrogen-bond donors (Lipinski definition) is 1. The summed E-state index contributed by atoms with van der Waals surface area (Å²) in [6, 6.07) is 3.64. The van der Waals surface area contributed by atoms with Crippen LogP contribution in [0.3, 0.4) is 0 Å². The van der Waals surface area contributed by atoms with Crippen molar-refractivity contribution in [3.8, 4) is 6.07 Å². The number of aliphatic hydroxyl groups is 1. The Labute approximate surface area is 135 Å². The SMILES string of the molecule is Cc1cc(C#N)nc(N2CCC[C@@](O)(C(=O)N3CCCC3)C2)n1. The highest BCUT2D eigenvalue weighted by Crippen LogP contribution is 2.27. The minimum absolute atomic E-state index is 0.177. The number of aryl methyl sites for hydroxylation is 1. The molecule has 2 aliphatic heterocycles. The van der Waals surface area contributed by atoms with E-state index in [1.807, 2.05) is 11.0 Å². The lowest BCUT2D eigenvalue weighted by molar-refractivity contribution is -0.151. The molecule has 0 spiro atoms. The lowest BCUT2D eigenvalue weighted by atomic mass is 9.91. The van der Waals surface area contributed by atoms with E-state index in [1.165, 1.54) is 0 Å². The minimum Gasteiger partial charge on any atom is -0.378 e. The minimum atomic E-state index is -1.39. The fraction of sp³-hybridized carbons (Fsp3) is 0.625. The van der Waals surface area contributed by atoms with Gasteiger partial charge in [-0.3, -0.25) is 4.79 Å². The molecule has 0 bridgehead atoms. The van der Waals surface area contributed by atoms with E-state index in [0.717, 1.165) is 25.9 Å². The van der Waals surface area contributed by atoms with Gasteiger partial charge in [-0.25, -0.2) is 9.97 Å². The first-order chi connectivity index (χ1) is 11.0. The van der Waals surface area contributed by atoms with E-state index in [9.17, 15) is 9.90 Å². The number of carbonyl (C=O) groups is 1. The van der Waals surface area contributed by atoms with Crippen LogP contribution in [0.2, 0.25) is 0 Å². The number of aromatic nitrogens is 2. The number of hydrogen-bond acceptors (Lipinski definition) is 6. The highest BCUT2D eigenvalue weighted by Gasteiger charge is 2.43. The summed E-state index contributed by atoms with van der Waals surface area (Å²) < 4.78 is 0. The van der Waals surface area contributed by atoms with Crippen molar-refractivity contribution >= 4 is 11.9 Å². The summed E-state index contributed by atoms with van der Waals surface area (Å²) >= 11 is 0. The first-order valence-corrected chi connectivity index (χ1v) is 8.04. The molecule has 1 aromatic rings. The zero-order chi connectivity index (χ0) is 16.4. The third kappa shape index (κ3) is 3.13. The topological polar surface area (TPSA) is 93.3 Å². The zero-order valence-corrected chi connectivity index (χ0v) is 13.3. The number of likely N-dealkylation sites (tertiary alicyclic amines) is 1. The predicted molar refractivity (Wildman–Crippen MR) is 83.7 cm³/mol. The summed E-state index contributed by atoms with van der Waals surface area (Å²) in [7, 11) is 0. The van der Waals surface area contributed by atoms with Gasteiger partial charge in [-0.05, 0) is 38.7 Å². The maximum Gasteiger partial charge on any atom is 0.256 e. The van der Waals surface area contributed by atoms with Gasteiger partial charge < -0.3 is 14.9 Å². The van der Waals surface area contributed by atoms with E-state index < -0.39 is 5.60 Å².